The number of hydrogen-bond acceptors (Lipinski definition) is 4. The molecule has 3 unspecified atom stereocenters. The number of hydrogen-bond donors (Lipinski definition) is 2. The highest BCUT2D eigenvalue weighted by atomic mass is 16.3. The minimum absolute atomic E-state index is 0.00469. The van der Waals surface area contributed by atoms with Gasteiger partial charge in [-0.15, -0.1) is 0 Å². The van der Waals surface area contributed by atoms with Crippen molar-refractivity contribution in [1.82, 2.24) is 5.32 Å². The lowest BCUT2D eigenvalue weighted by Crippen LogP contribution is -2.41. The van der Waals surface area contributed by atoms with Gasteiger partial charge in [-0.05, 0) is 59.5 Å². The number of aliphatic imine (C=N–C) groups is 2. The van der Waals surface area contributed by atoms with Gasteiger partial charge in [-0.25, -0.2) is 0 Å². The molecule has 0 saturated carbocycles. The van der Waals surface area contributed by atoms with Gasteiger partial charge in [0, 0.05) is 36.5 Å². The van der Waals surface area contributed by atoms with E-state index in [4.69, 9.17) is 0 Å². The predicted octanol–water partition coefficient (Wildman–Crippen LogP) is 2.64. The molecule has 24 heavy (non-hydrogen) atoms. The summed E-state index contributed by atoms with van der Waals surface area (Å²) in [5, 5.41) is 12.6. The maximum absolute atomic E-state index is 12.7. The van der Waals surface area contributed by atoms with Crippen molar-refractivity contribution in [3.05, 3.63) is 11.6 Å². The normalized spacial score (nSPS) is 23.0. The van der Waals surface area contributed by atoms with Crippen molar-refractivity contribution in [3.8, 4) is 0 Å². The lowest BCUT2D eigenvalue weighted by molar-refractivity contribution is -0.124. The highest BCUT2D eigenvalue weighted by Crippen LogP contribution is 2.36. The summed E-state index contributed by atoms with van der Waals surface area (Å²) in [6.45, 7) is 12.0. The van der Waals surface area contributed by atoms with Crippen LogP contribution in [0.15, 0.2) is 21.6 Å². The smallest absolute Gasteiger partial charge is 0.229 e. The molecule has 136 valence electrons. The van der Waals surface area contributed by atoms with Gasteiger partial charge in [-0.2, -0.15) is 0 Å². The molecule has 0 saturated heterocycles. The third kappa shape index (κ3) is 6.19. The van der Waals surface area contributed by atoms with E-state index in [-0.39, 0.29) is 48.4 Å². The van der Waals surface area contributed by atoms with E-state index < -0.39 is 0 Å². The van der Waals surface area contributed by atoms with Gasteiger partial charge in [0.1, 0.15) is 0 Å². The largest absolute Gasteiger partial charge is 0.392 e. The van der Waals surface area contributed by atoms with E-state index in [9.17, 15) is 9.90 Å². The molecule has 0 spiro atoms. The fourth-order valence-corrected chi connectivity index (χ4v) is 2.87. The molecule has 1 aliphatic carbocycles. The van der Waals surface area contributed by atoms with Crippen LogP contribution in [0.25, 0.3) is 0 Å². The third-order valence-electron chi connectivity index (χ3n) is 4.01. The molecular formula is C19H33N3O2. The monoisotopic (exact) mass is 335 g/mol. The highest BCUT2D eigenvalue weighted by molar-refractivity contribution is 5.94. The Labute approximate surface area is 146 Å². The lowest BCUT2D eigenvalue weighted by atomic mass is 9.81. The van der Waals surface area contributed by atoms with E-state index in [2.05, 4.69) is 15.3 Å². The fourth-order valence-electron chi connectivity index (χ4n) is 2.87. The molecule has 0 aromatic rings. The number of nitrogens with zero attached hydrogens (tertiary/aromatic N) is 2. The zero-order valence-corrected chi connectivity index (χ0v) is 15.9. The van der Waals surface area contributed by atoms with Crippen molar-refractivity contribution >= 4 is 18.3 Å². The summed E-state index contributed by atoms with van der Waals surface area (Å²) in [6, 6.07) is 0.425. The number of aliphatic hydroxyl groups is 1. The summed E-state index contributed by atoms with van der Waals surface area (Å²) in [4.78, 5) is 21.7. The molecule has 1 amide bonds. The minimum atomic E-state index is -0.321. The fraction of sp³-hybridized carbons (Fsp3) is 0.737. The van der Waals surface area contributed by atoms with Crippen molar-refractivity contribution in [2.75, 3.05) is 6.61 Å². The topological polar surface area (TPSA) is 74.0 Å². The Balaban J connectivity index is 3.07. The first-order chi connectivity index (χ1) is 11.3. The van der Waals surface area contributed by atoms with Crippen LogP contribution in [-0.2, 0) is 4.79 Å². The molecule has 0 heterocycles. The summed E-state index contributed by atoms with van der Waals surface area (Å²) in [7, 11) is 0. The van der Waals surface area contributed by atoms with E-state index in [0.717, 1.165) is 12.0 Å². The van der Waals surface area contributed by atoms with Crippen LogP contribution in [0, 0.1) is 17.8 Å². The van der Waals surface area contributed by atoms with Gasteiger partial charge in [0.15, 0.2) is 0 Å². The van der Waals surface area contributed by atoms with Crippen LogP contribution in [0.4, 0.5) is 0 Å². The average molecular weight is 335 g/mol. The summed E-state index contributed by atoms with van der Waals surface area (Å²) in [6.07, 6.45) is 6.49. The van der Waals surface area contributed by atoms with Gasteiger partial charge < -0.3 is 10.4 Å². The van der Waals surface area contributed by atoms with Gasteiger partial charge in [0.05, 0.1) is 12.5 Å². The molecule has 0 aromatic carbocycles. The van der Waals surface area contributed by atoms with E-state index in [0.29, 0.717) is 0 Å². The van der Waals surface area contributed by atoms with Crippen molar-refractivity contribution < 1.29 is 9.90 Å². The zero-order chi connectivity index (χ0) is 18.3. The van der Waals surface area contributed by atoms with Crippen LogP contribution in [0.1, 0.15) is 48.0 Å². The van der Waals surface area contributed by atoms with E-state index >= 15 is 0 Å². The minimum Gasteiger partial charge on any atom is -0.392 e. The number of allylic oxidation sites excluding steroid dienone is 1. The molecule has 0 radical (unpaired) electrons. The third-order valence-corrected chi connectivity index (χ3v) is 4.01. The Morgan fingerprint density at radius 3 is 2.38 bits per heavy atom. The number of carbonyl (C=O) groups is 1. The Kier molecular flexibility index (Phi) is 8.32. The molecule has 0 bridgehead atoms. The highest BCUT2D eigenvalue weighted by Gasteiger charge is 2.37. The molecule has 0 aliphatic heterocycles. The summed E-state index contributed by atoms with van der Waals surface area (Å²) in [5.41, 5.74) is 0.949. The Hall–Kier alpha value is -1.49. The van der Waals surface area contributed by atoms with Gasteiger partial charge in [-0.1, -0.05) is 6.08 Å². The first-order valence-electron chi connectivity index (χ1n) is 8.93. The van der Waals surface area contributed by atoms with Crippen molar-refractivity contribution in [2.45, 2.75) is 66.1 Å². The quantitative estimate of drug-likeness (QED) is 0.528. The first kappa shape index (κ1) is 20.6. The van der Waals surface area contributed by atoms with Crippen LogP contribution < -0.4 is 5.32 Å². The number of aliphatic hydroxyl groups excluding tert-OH is 1. The maximum atomic E-state index is 12.7. The summed E-state index contributed by atoms with van der Waals surface area (Å²) < 4.78 is 0. The molecule has 5 heteroatoms. The Bertz CT molecular complexity index is 493. The van der Waals surface area contributed by atoms with Gasteiger partial charge in [-0.3, -0.25) is 14.8 Å². The molecule has 1 aliphatic rings. The predicted molar refractivity (Wildman–Crippen MR) is 101 cm³/mol. The van der Waals surface area contributed by atoms with Gasteiger partial charge in [0.25, 0.3) is 0 Å². The standard InChI is InChI=1S/C19H33N3O2/c1-12(2)20-9-17-15(11-23)7-8-16(17)18(10-21-13(3)4)19(24)22-14(5)6/h7,9-10,12-14,16-18,23H,8,11H2,1-6H3,(H,22,24). The van der Waals surface area contributed by atoms with E-state index in [1.807, 2.05) is 53.8 Å². The van der Waals surface area contributed by atoms with Gasteiger partial charge >= 0.3 is 0 Å². The second-order valence-corrected chi connectivity index (χ2v) is 7.34. The maximum Gasteiger partial charge on any atom is 0.229 e. The summed E-state index contributed by atoms with van der Waals surface area (Å²) in [5.74, 6) is -0.288. The van der Waals surface area contributed by atoms with Crippen molar-refractivity contribution in [2.24, 2.45) is 27.7 Å². The Morgan fingerprint density at radius 2 is 1.88 bits per heavy atom. The second-order valence-electron chi connectivity index (χ2n) is 7.34. The number of carbonyl (C=O) groups excluding carboxylic acids is 1. The van der Waals surface area contributed by atoms with Crippen molar-refractivity contribution in [3.63, 3.8) is 0 Å². The molecule has 5 nitrogen and oxygen atoms in total. The zero-order valence-electron chi connectivity index (χ0n) is 15.9. The van der Waals surface area contributed by atoms with E-state index in [1.54, 1.807) is 6.21 Å². The molecule has 3 atom stereocenters. The molecule has 0 aromatic heterocycles. The van der Waals surface area contributed by atoms with Crippen LogP contribution >= 0.6 is 0 Å². The molecular weight excluding hydrogens is 302 g/mol. The molecule has 1 rings (SSSR count). The van der Waals surface area contributed by atoms with Crippen molar-refractivity contribution in [1.29, 1.82) is 0 Å². The first-order valence-corrected chi connectivity index (χ1v) is 8.93. The Morgan fingerprint density at radius 1 is 1.25 bits per heavy atom. The van der Waals surface area contributed by atoms with Crippen LogP contribution in [0.5, 0.6) is 0 Å². The van der Waals surface area contributed by atoms with Crippen LogP contribution in [0.2, 0.25) is 0 Å². The van der Waals surface area contributed by atoms with Crippen LogP contribution in [0.3, 0.4) is 0 Å². The molecule has 0 fully saturated rings. The van der Waals surface area contributed by atoms with Gasteiger partial charge in [0.2, 0.25) is 5.91 Å². The van der Waals surface area contributed by atoms with Crippen LogP contribution in [-0.4, -0.2) is 48.2 Å². The lowest BCUT2D eigenvalue weighted by Gasteiger charge is -2.26. The number of amides is 1. The number of rotatable bonds is 8. The second kappa shape index (κ2) is 9.72. The van der Waals surface area contributed by atoms with E-state index in [1.165, 1.54) is 0 Å². The molecule has 2 N–H and O–H groups in total. The SMILES string of the molecule is CC(C)N=CC(C(=O)NC(C)C)C1CC=C(CO)C1C=NC(C)C. The summed E-state index contributed by atoms with van der Waals surface area (Å²) >= 11 is 0. The average Bonchev–Trinajstić information content (AvgIpc) is 2.87. The number of nitrogens with one attached hydrogen (secondary N) is 1.